The molecule has 0 fully saturated rings. The molecule has 8 heteroatoms. The fraction of sp³-hybridized carbons (Fsp3) is 0.267. The number of carbonyl (C=O) groups is 1. The molecule has 0 radical (unpaired) electrons. The number of benzene rings is 1. The number of rotatable bonds is 2. The normalized spacial score (nSPS) is 11.6. The van der Waals surface area contributed by atoms with Crippen LogP contribution in [0.3, 0.4) is 0 Å². The summed E-state index contributed by atoms with van der Waals surface area (Å²) in [4.78, 5) is 29.8. The number of anilines is 1. The van der Waals surface area contributed by atoms with Crippen LogP contribution in [0.15, 0.2) is 32.8 Å². The summed E-state index contributed by atoms with van der Waals surface area (Å²) in [5.74, 6) is -0.497. The third kappa shape index (κ3) is 3.59. The summed E-state index contributed by atoms with van der Waals surface area (Å²) < 4.78 is 10.2. The van der Waals surface area contributed by atoms with Gasteiger partial charge in [-0.15, -0.1) is 11.3 Å². The van der Waals surface area contributed by atoms with E-state index in [1.165, 1.54) is 11.3 Å². The average Bonchev–Trinajstić information content (AvgIpc) is 3.00. The van der Waals surface area contributed by atoms with E-state index < -0.39 is 17.5 Å². The highest BCUT2D eigenvalue weighted by molar-refractivity contribution is 7.14. The average molecular weight is 333 g/mol. The van der Waals surface area contributed by atoms with Crippen molar-refractivity contribution in [2.24, 2.45) is 0 Å². The van der Waals surface area contributed by atoms with Gasteiger partial charge >= 0.3 is 11.8 Å². The molecule has 0 aliphatic rings. The van der Waals surface area contributed by atoms with Gasteiger partial charge in [0.05, 0.1) is 11.2 Å². The molecule has 0 spiro atoms. The number of carbonyl (C=O) groups excluding carboxylic acids is 1. The molecule has 1 amide bonds. The lowest BCUT2D eigenvalue weighted by molar-refractivity contribution is 0.0636. The first-order valence-corrected chi connectivity index (χ1v) is 7.77. The molecule has 0 aliphatic heterocycles. The lowest BCUT2D eigenvalue weighted by Crippen LogP contribution is -2.27. The summed E-state index contributed by atoms with van der Waals surface area (Å²) >= 11 is 1.29. The summed E-state index contributed by atoms with van der Waals surface area (Å²) in [5, 5.41) is 4.84. The number of hydrogen-bond donors (Lipinski definition) is 2. The van der Waals surface area contributed by atoms with E-state index in [0.29, 0.717) is 21.9 Å². The number of ether oxygens (including phenoxy) is 1. The minimum atomic E-state index is -0.568. The molecule has 7 nitrogen and oxygen atoms in total. The van der Waals surface area contributed by atoms with E-state index >= 15 is 0 Å². The fourth-order valence-corrected chi connectivity index (χ4v) is 2.66. The second-order valence-corrected chi connectivity index (χ2v) is 6.75. The maximum Gasteiger partial charge on any atom is 0.417 e. The van der Waals surface area contributed by atoms with Crippen LogP contribution in [0.5, 0.6) is 0 Å². The van der Waals surface area contributed by atoms with E-state index in [2.05, 4.69) is 15.3 Å². The number of oxazole rings is 1. The van der Waals surface area contributed by atoms with Crippen LogP contribution in [0.2, 0.25) is 0 Å². The van der Waals surface area contributed by atoms with Crippen LogP contribution in [0.25, 0.3) is 22.4 Å². The molecule has 120 valence electrons. The maximum absolute atomic E-state index is 11.7. The van der Waals surface area contributed by atoms with Crippen LogP contribution in [0, 0.1) is 0 Å². The minimum absolute atomic E-state index is 0.435. The predicted octanol–water partition coefficient (Wildman–Crippen LogP) is 3.59. The van der Waals surface area contributed by atoms with Gasteiger partial charge in [-0.05, 0) is 32.9 Å². The van der Waals surface area contributed by atoms with E-state index in [1.807, 2.05) is 6.07 Å². The number of aromatic nitrogens is 2. The highest BCUT2D eigenvalue weighted by Gasteiger charge is 2.17. The standard InChI is InChI=1S/C15H15N3O4S/c1-15(2,3)22-14(20)18-12-16-10(7-23-12)8-4-5-9-11(6-8)21-13(19)17-9/h4-7H,1-3H3,(H,17,19)(H,16,18,20). The topological polar surface area (TPSA) is 97.2 Å². The Morgan fingerprint density at radius 3 is 2.91 bits per heavy atom. The van der Waals surface area contributed by atoms with Gasteiger partial charge in [0.1, 0.15) is 5.60 Å². The molecule has 23 heavy (non-hydrogen) atoms. The first-order valence-electron chi connectivity index (χ1n) is 6.89. The number of amides is 1. The summed E-state index contributed by atoms with van der Waals surface area (Å²) in [6.45, 7) is 5.37. The Balaban J connectivity index is 1.80. The Morgan fingerprint density at radius 2 is 2.17 bits per heavy atom. The molecule has 0 unspecified atom stereocenters. The van der Waals surface area contributed by atoms with Gasteiger partial charge in [-0.1, -0.05) is 6.07 Å². The van der Waals surface area contributed by atoms with Crippen molar-refractivity contribution in [1.82, 2.24) is 9.97 Å². The van der Waals surface area contributed by atoms with Crippen LogP contribution < -0.4 is 11.1 Å². The minimum Gasteiger partial charge on any atom is -0.444 e. The lowest BCUT2D eigenvalue weighted by atomic mass is 10.1. The van der Waals surface area contributed by atoms with Crippen molar-refractivity contribution in [2.75, 3.05) is 5.32 Å². The zero-order chi connectivity index (χ0) is 16.6. The Labute approximate surface area is 135 Å². The van der Waals surface area contributed by atoms with Crippen LogP contribution in [0.1, 0.15) is 20.8 Å². The van der Waals surface area contributed by atoms with Crippen molar-refractivity contribution >= 4 is 33.7 Å². The molecule has 3 aromatic rings. The second-order valence-electron chi connectivity index (χ2n) is 5.89. The Hall–Kier alpha value is -2.61. The van der Waals surface area contributed by atoms with Crippen LogP contribution >= 0.6 is 11.3 Å². The quantitative estimate of drug-likeness (QED) is 0.747. The predicted molar refractivity (Wildman–Crippen MR) is 87.8 cm³/mol. The number of H-pyrrole nitrogens is 1. The van der Waals surface area contributed by atoms with E-state index in [9.17, 15) is 9.59 Å². The number of aromatic amines is 1. The summed E-state index contributed by atoms with van der Waals surface area (Å²) in [5.41, 5.74) is 1.98. The Morgan fingerprint density at radius 1 is 1.39 bits per heavy atom. The number of thiazole rings is 1. The Kier molecular flexibility index (Phi) is 3.69. The largest absolute Gasteiger partial charge is 0.444 e. The van der Waals surface area contributed by atoms with E-state index in [1.54, 1.807) is 38.3 Å². The van der Waals surface area contributed by atoms with Gasteiger partial charge in [-0.3, -0.25) is 10.3 Å². The second kappa shape index (κ2) is 5.54. The third-order valence-electron chi connectivity index (χ3n) is 2.83. The molecule has 0 saturated carbocycles. The smallest absolute Gasteiger partial charge is 0.417 e. The maximum atomic E-state index is 11.7. The van der Waals surface area contributed by atoms with Crippen LogP contribution in [0.4, 0.5) is 9.93 Å². The molecule has 0 atom stereocenters. The summed E-state index contributed by atoms with van der Waals surface area (Å²) in [6.07, 6.45) is -0.550. The monoisotopic (exact) mass is 333 g/mol. The number of nitrogens with one attached hydrogen (secondary N) is 2. The molecule has 2 aromatic heterocycles. The van der Waals surface area contributed by atoms with Crippen LogP contribution in [-0.2, 0) is 4.74 Å². The van der Waals surface area contributed by atoms with Crippen molar-refractivity contribution in [1.29, 1.82) is 0 Å². The zero-order valence-electron chi connectivity index (χ0n) is 12.8. The number of nitrogens with zero attached hydrogens (tertiary/aromatic N) is 1. The van der Waals surface area contributed by atoms with Gasteiger partial charge < -0.3 is 9.15 Å². The fourth-order valence-electron chi connectivity index (χ4n) is 1.96. The Bertz CT molecular complexity index is 917. The molecule has 3 rings (SSSR count). The molecule has 0 aliphatic carbocycles. The molecule has 1 aromatic carbocycles. The highest BCUT2D eigenvalue weighted by Crippen LogP contribution is 2.27. The van der Waals surface area contributed by atoms with Gasteiger partial charge in [-0.25, -0.2) is 14.6 Å². The molecular formula is C15H15N3O4S. The zero-order valence-corrected chi connectivity index (χ0v) is 13.6. The van der Waals surface area contributed by atoms with Gasteiger partial charge in [0.15, 0.2) is 10.7 Å². The van der Waals surface area contributed by atoms with Crippen molar-refractivity contribution in [3.05, 3.63) is 34.1 Å². The van der Waals surface area contributed by atoms with Crippen molar-refractivity contribution < 1.29 is 13.9 Å². The molecule has 0 bridgehead atoms. The number of hydrogen-bond acceptors (Lipinski definition) is 6. The van der Waals surface area contributed by atoms with Crippen molar-refractivity contribution in [3.63, 3.8) is 0 Å². The van der Waals surface area contributed by atoms with Gasteiger partial charge in [0.2, 0.25) is 0 Å². The number of fused-ring (bicyclic) bond motifs is 1. The lowest BCUT2D eigenvalue weighted by Gasteiger charge is -2.18. The molecule has 2 heterocycles. The van der Waals surface area contributed by atoms with Crippen molar-refractivity contribution in [2.45, 2.75) is 26.4 Å². The van der Waals surface area contributed by atoms with Crippen LogP contribution in [-0.4, -0.2) is 21.7 Å². The first kappa shape index (κ1) is 15.3. The molecule has 2 N–H and O–H groups in total. The third-order valence-corrected chi connectivity index (χ3v) is 3.59. The highest BCUT2D eigenvalue weighted by atomic mass is 32.1. The van der Waals surface area contributed by atoms with Gasteiger partial charge in [0.25, 0.3) is 0 Å². The first-order chi connectivity index (χ1) is 10.8. The van der Waals surface area contributed by atoms with E-state index in [4.69, 9.17) is 9.15 Å². The van der Waals surface area contributed by atoms with Gasteiger partial charge in [-0.2, -0.15) is 0 Å². The summed E-state index contributed by atoms with van der Waals surface area (Å²) in [6, 6.07) is 5.29. The van der Waals surface area contributed by atoms with Crippen molar-refractivity contribution in [3.8, 4) is 11.3 Å². The SMILES string of the molecule is CC(C)(C)OC(=O)Nc1nc(-c2ccc3[nH]c(=O)oc3c2)cs1. The summed E-state index contributed by atoms with van der Waals surface area (Å²) in [7, 11) is 0. The van der Waals surface area contributed by atoms with Gasteiger partial charge in [0, 0.05) is 10.9 Å². The molecule has 0 saturated heterocycles. The molecular weight excluding hydrogens is 318 g/mol. The van der Waals surface area contributed by atoms with E-state index in [0.717, 1.165) is 5.56 Å². The van der Waals surface area contributed by atoms with E-state index in [-0.39, 0.29) is 0 Å².